The van der Waals surface area contributed by atoms with Gasteiger partial charge in [0.05, 0.1) is 17.3 Å². The first-order chi connectivity index (χ1) is 20.3. The van der Waals surface area contributed by atoms with Crippen LogP contribution in [0.15, 0.2) is 54.7 Å². The first kappa shape index (κ1) is 30.3. The van der Waals surface area contributed by atoms with Crippen LogP contribution in [-0.2, 0) is 16.1 Å². The quantitative estimate of drug-likeness (QED) is 0.206. The van der Waals surface area contributed by atoms with Gasteiger partial charge in [0, 0.05) is 38.8 Å². The standard InChI is InChI=1S/C30H38N8O4/c1-20(39)34-24(18-38-13-7-4-8-14-38)19-42-27-12-11-23(15-26(27)35-21(2)40)36-30-33-17-25(28(31)41)29(37-30)32-16-22-9-5-3-6-10-22/h3,5-6,9-12,15,17,24H,4,7-8,13-14,16,18-19H2,1-2H3,(H2,31,41)(H,34,39)(H,35,40)(H2,32,33,36,37). The van der Waals surface area contributed by atoms with Crippen molar-refractivity contribution in [3.05, 3.63) is 65.9 Å². The number of nitrogens with one attached hydrogen (secondary N) is 4. The highest BCUT2D eigenvalue weighted by molar-refractivity contribution is 5.97. The van der Waals surface area contributed by atoms with Crippen LogP contribution in [0.1, 0.15) is 49.0 Å². The number of ether oxygens (including phenoxy) is 1. The van der Waals surface area contributed by atoms with E-state index in [0.717, 1.165) is 31.5 Å². The van der Waals surface area contributed by atoms with Crippen molar-refractivity contribution < 1.29 is 19.1 Å². The molecule has 1 fully saturated rings. The van der Waals surface area contributed by atoms with Crippen LogP contribution in [-0.4, -0.2) is 64.9 Å². The molecule has 3 amide bonds. The zero-order chi connectivity index (χ0) is 29.9. The molecule has 3 aromatic rings. The van der Waals surface area contributed by atoms with Gasteiger partial charge in [-0.1, -0.05) is 36.8 Å². The van der Waals surface area contributed by atoms with Gasteiger partial charge in [-0.15, -0.1) is 0 Å². The number of amides is 3. The Morgan fingerprint density at radius 1 is 1.02 bits per heavy atom. The normalized spacial score (nSPS) is 14.0. The number of hydrogen-bond donors (Lipinski definition) is 5. The topological polar surface area (TPSA) is 164 Å². The predicted octanol–water partition coefficient (Wildman–Crippen LogP) is 3.26. The molecule has 1 saturated heterocycles. The molecule has 12 heteroatoms. The summed E-state index contributed by atoms with van der Waals surface area (Å²) in [6.07, 6.45) is 4.88. The van der Waals surface area contributed by atoms with Gasteiger partial charge in [-0.05, 0) is 49.7 Å². The smallest absolute Gasteiger partial charge is 0.254 e. The van der Waals surface area contributed by atoms with Crippen LogP contribution in [0.5, 0.6) is 5.75 Å². The number of benzene rings is 2. The van der Waals surface area contributed by atoms with Gasteiger partial charge in [0.15, 0.2) is 0 Å². The van der Waals surface area contributed by atoms with Crippen molar-refractivity contribution in [1.29, 1.82) is 0 Å². The highest BCUT2D eigenvalue weighted by Crippen LogP contribution is 2.30. The Labute approximate surface area is 245 Å². The third kappa shape index (κ3) is 9.16. The van der Waals surface area contributed by atoms with Crippen molar-refractivity contribution in [2.24, 2.45) is 5.73 Å². The maximum Gasteiger partial charge on any atom is 0.254 e. The van der Waals surface area contributed by atoms with E-state index >= 15 is 0 Å². The van der Waals surface area contributed by atoms with Gasteiger partial charge < -0.3 is 36.6 Å². The van der Waals surface area contributed by atoms with Gasteiger partial charge in [0.1, 0.15) is 18.2 Å². The van der Waals surface area contributed by atoms with Crippen LogP contribution in [0.25, 0.3) is 0 Å². The third-order valence-electron chi connectivity index (χ3n) is 6.68. The molecular formula is C30H38N8O4. The first-order valence-electron chi connectivity index (χ1n) is 14.0. The minimum absolute atomic E-state index is 0.123. The molecule has 0 saturated carbocycles. The van der Waals surface area contributed by atoms with E-state index in [9.17, 15) is 14.4 Å². The molecule has 1 aliphatic rings. The Bertz CT molecular complexity index is 1380. The molecule has 0 spiro atoms. The number of nitrogens with zero attached hydrogens (tertiary/aromatic N) is 3. The van der Waals surface area contributed by atoms with Crippen molar-refractivity contribution in [1.82, 2.24) is 20.2 Å². The fourth-order valence-corrected chi connectivity index (χ4v) is 4.76. The largest absolute Gasteiger partial charge is 0.489 e. The second-order valence-corrected chi connectivity index (χ2v) is 10.2. The number of aromatic nitrogens is 2. The Hall–Kier alpha value is -4.71. The van der Waals surface area contributed by atoms with Crippen LogP contribution in [0.2, 0.25) is 0 Å². The molecule has 222 valence electrons. The molecule has 1 unspecified atom stereocenters. The fraction of sp³-hybridized carbons (Fsp3) is 0.367. The number of primary amides is 1. The lowest BCUT2D eigenvalue weighted by atomic mass is 10.1. The number of anilines is 4. The van der Waals surface area contributed by atoms with Gasteiger partial charge in [-0.3, -0.25) is 14.4 Å². The van der Waals surface area contributed by atoms with Gasteiger partial charge in [0.2, 0.25) is 17.8 Å². The average Bonchev–Trinajstić information content (AvgIpc) is 2.96. The fourth-order valence-electron chi connectivity index (χ4n) is 4.76. The molecule has 42 heavy (non-hydrogen) atoms. The molecule has 0 aliphatic carbocycles. The summed E-state index contributed by atoms with van der Waals surface area (Å²) in [5, 5.41) is 12.0. The molecular weight excluding hydrogens is 536 g/mol. The van der Waals surface area contributed by atoms with E-state index in [-0.39, 0.29) is 36.0 Å². The van der Waals surface area contributed by atoms with Crippen molar-refractivity contribution in [2.75, 3.05) is 42.2 Å². The van der Waals surface area contributed by atoms with E-state index in [2.05, 4.69) is 36.1 Å². The minimum atomic E-state index is -0.649. The number of carbonyl (C=O) groups excluding carboxylic acids is 3. The van der Waals surface area contributed by atoms with Crippen LogP contribution in [0, 0.1) is 0 Å². The lowest BCUT2D eigenvalue weighted by Crippen LogP contribution is -2.47. The second-order valence-electron chi connectivity index (χ2n) is 10.2. The van der Waals surface area contributed by atoms with Crippen LogP contribution < -0.4 is 31.7 Å². The molecule has 2 aromatic carbocycles. The predicted molar refractivity (Wildman–Crippen MR) is 162 cm³/mol. The maximum absolute atomic E-state index is 12.0. The summed E-state index contributed by atoms with van der Waals surface area (Å²) in [5.41, 5.74) is 7.74. The highest BCUT2D eigenvalue weighted by atomic mass is 16.5. The van der Waals surface area contributed by atoms with E-state index in [1.165, 1.54) is 26.5 Å². The summed E-state index contributed by atoms with van der Waals surface area (Å²) in [5.74, 6) is -0.0568. The summed E-state index contributed by atoms with van der Waals surface area (Å²) >= 11 is 0. The Kier molecular flexibility index (Phi) is 10.6. The molecule has 4 rings (SSSR count). The lowest BCUT2D eigenvalue weighted by molar-refractivity contribution is -0.120. The Morgan fingerprint density at radius 3 is 2.48 bits per heavy atom. The van der Waals surface area contributed by atoms with E-state index in [1.54, 1.807) is 18.2 Å². The van der Waals surface area contributed by atoms with Crippen LogP contribution in [0.4, 0.5) is 23.1 Å². The summed E-state index contributed by atoms with van der Waals surface area (Å²) in [4.78, 5) is 46.8. The van der Waals surface area contributed by atoms with E-state index < -0.39 is 5.91 Å². The van der Waals surface area contributed by atoms with E-state index in [1.807, 2.05) is 30.3 Å². The number of likely N-dealkylation sites (tertiary alicyclic amines) is 1. The molecule has 1 aromatic heterocycles. The van der Waals surface area contributed by atoms with Crippen molar-refractivity contribution >= 4 is 40.9 Å². The monoisotopic (exact) mass is 574 g/mol. The summed E-state index contributed by atoms with van der Waals surface area (Å²) < 4.78 is 6.11. The van der Waals surface area contributed by atoms with Crippen molar-refractivity contribution in [3.63, 3.8) is 0 Å². The SMILES string of the molecule is CC(=O)Nc1cc(Nc2ncc(C(N)=O)c(NCc3ccccc3)n2)ccc1OCC(CN1CCCCC1)NC(C)=O. The van der Waals surface area contributed by atoms with Crippen LogP contribution in [0.3, 0.4) is 0 Å². The summed E-state index contributed by atoms with van der Waals surface area (Å²) in [6, 6.07) is 14.7. The van der Waals surface area contributed by atoms with Gasteiger partial charge in [-0.2, -0.15) is 4.98 Å². The Morgan fingerprint density at radius 2 is 1.79 bits per heavy atom. The third-order valence-corrected chi connectivity index (χ3v) is 6.68. The molecule has 0 bridgehead atoms. The summed E-state index contributed by atoms with van der Waals surface area (Å²) in [7, 11) is 0. The van der Waals surface area contributed by atoms with Crippen molar-refractivity contribution in [3.8, 4) is 5.75 Å². The number of hydrogen-bond acceptors (Lipinski definition) is 9. The average molecular weight is 575 g/mol. The number of nitrogens with two attached hydrogens (primary N) is 1. The lowest BCUT2D eigenvalue weighted by Gasteiger charge is -2.30. The van der Waals surface area contributed by atoms with Gasteiger partial charge >= 0.3 is 0 Å². The second kappa shape index (κ2) is 14.8. The molecule has 1 atom stereocenters. The molecule has 6 N–H and O–H groups in total. The number of piperidine rings is 1. The molecule has 2 heterocycles. The molecule has 0 radical (unpaired) electrons. The summed E-state index contributed by atoms with van der Waals surface area (Å²) in [6.45, 7) is 6.27. The van der Waals surface area contributed by atoms with Crippen LogP contribution >= 0.6 is 0 Å². The maximum atomic E-state index is 12.0. The van der Waals surface area contributed by atoms with E-state index in [0.29, 0.717) is 36.0 Å². The molecule has 12 nitrogen and oxygen atoms in total. The molecule has 1 aliphatic heterocycles. The van der Waals surface area contributed by atoms with Gasteiger partial charge in [0.25, 0.3) is 5.91 Å². The zero-order valence-electron chi connectivity index (χ0n) is 24.0. The first-order valence-corrected chi connectivity index (χ1v) is 14.0. The number of carbonyl (C=O) groups is 3. The van der Waals surface area contributed by atoms with Gasteiger partial charge in [-0.25, -0.2) is 4.98 Å². The number of rotatable bonds is 13. The zero-order valence-corrected chi connectivity index (χ0v) is 24.0. The van der Waals surface area contributed by atoms with E-state index in [4.69, 9.17) is 10.5 Å². The van der Waals surface area contributed by atoms with Crippen molar-refractivity contribution in [2.45, 2.75) is 45.7 Å². The minimum Gasteiger partial charge on any atom is -0.489 e. The Balaban J connectivity index is 1.48. The highest BCUT2D eigenvalue weighted by Gasteiger charge is 2.19.